The van der Waals surface area contributed by atoms with Crippen LogP contribution in [0.1, 0.15) is 18.1 Å². The Morgan fingerprint density at radius 2 is 1.87 bits per heavy atom. The number of nitrogens with two attached hydrogens (primary N) is 2. The van der Waals surface area contributed by atoms with Gasteiger partial charge in [0.05, 0.1) is 5.52 Å². The van der Waals surface area contributed by atoms with Gasteiger partial charge in [-0.05, 0) is 18.1 Å². The Bertz CT molecular complexity index is 471. The maximum Gasteiger partial charge on any atom is 0.0529 e. The molecule has 0 aliphatic carbocycles. The molecule has 2 rings (SSSR count). The third kappa shape index (κ3) is 1.54. The summed E-state index contributed by atoms with van der Waals surface area (Å²) in [5.74, 6) is 0. The fourth-order valence-electron chi connectivity index (χ4n) is 2.09. The Labute approximate surface area is 89.7 Å². The minimum atomic E-state index is 0.575. The zero-order valence-electron chi connectivity index (χ0n) is 9.03. The first-order chi connectivity index (χ1) is 7.31. The van der Waals surface area contributed by atoms with Crippen molar-refractivity contribution < 1.29 is 0 Å². The van der Waals surface area contributed by atoms with Crippen LogP contribution < -0.4 is 11.5 Å². The van der Waals surface area contributed by atoms with Crippen LogP contribution >= 0.6 is 0 Å². The summed E-state index contributed by atoms with van der Waals surface area (Å²) in [5.41, 5.74) is 15.1. The van der Waals surface area contributed by atoms with Crippen molar-refractivity contribution in [3.05, 3.63) is 35.5 Å². The molecular formula is C12H17N3. The van der Waals surface area contributed by atoms with E-state index in [9.17, 15) is 0 Å². The summed E-state index contributed by atoms with van der Waals surface area (Å²) >= 11 is 0. The first-order valence-electron chi connectivity index (χ1n) is 5.31. The largest absolute Gasteiger partial charge is 0.347 e. The lowest BCUT2D eigenvalue weighted by Crippen LogP contribution is -2.00. The smallest absolute Gasteiger partial charge is 0.0529 e. The van der Waals surface area contributed by atoms with Crippen molar-refractivity contribution in [3.63, 3.8) is 0 Å². The van der Waals surface area contributed by atoms with Crippen molar-refractivity contribution >= 4 is 10.9 Å². The minimum Gasteiger partial charge on any atom is -0.347 e. The van der Waals surface area contributed by atoms with E-state index in [-0.39, 0.29) is 0 Å². The number of hydrogen-bond donors (Lipinski definition) is 2. The van der Waals surface area contributed by atoms with Crippen LogP contribution in [-0.2, 0) is 19.6 Å². The number of para-hydroxylation sites is 1. The van der Waals surface area contributed by atoms with E-state index < -0.39 is 0 Å². The molecule has 4 N–H and O–H groups in total. The molecule has 0 saturated heterocycles. The Morgan fingerprint density at radius 1 is 1.13 bits per heavy atom. The standard InChI is InChI=1S/C12H17N3/c1-2-15-8-10(7-14)11-5-3-4-9(6-13)12(11)15/h3-5,8H,2,6-7,13-14H2,1H3. The number of aryl methyl sites for hydroxylation is 1. The third-order valence-corrected chi connectivity index (χ3v) is 2.84. The van der Waals surface area contributed by atoms with Crippen LogP contribution in [0, 0.1) is 0 Å². The molecule has 0 unspecified atom stereocenters. The Balaban J connectivity index is 2.78. The van der Waals surface area contributed by atoms with Gasteiger partial charge in [0.1, 0.15) is 0 Å². The van der Waals surface area contributed by atoms with Crippen molar-refractivity contribution in [1.82, 2.24) is 4.57 Å². The van der Waals surface area contributed by atoms with E-state index in [0.29, 0.717) is 13.1 Å². The zero-order valence-corrected chi connectivity index (χ0v) is 9.03. The van der Waals surface area contributed by atoms with Gasteiger partial charge in [-0.15, -0.1) is 0 Å². The van der Waals surface area contributed by atoms with Crippen molar-refractivity contribution in [2.75, 3.05) is 0 Å². The molecule has 2 aromatic rings. The van der Waals surface area contributed by atoms with Crippen LogP contribution in [-0.4, -0.2) is 4.57 Å². The normalized spacial score (nSPS) is 11.1. The quantitative estimate of drug-likeness (QED) is 0.795. The van der Waals surface area contributed by atoms with Crippen molar-refractivity contribution in [1.29, 1.82) is 0 Å². The fourth-order valence-corrected chi connectivity index (χ4v) is 2.09. The fraction of sp³-hybridized carbons (Fsp3) is 0.333. The molecule has 3 nitrogen and oxygen atoms in total. The van der Waals surface area contributed by atoms with E-state index in [1.165, 1.54) is 22.0 Å². The lowest BCUT2D eigenvalue weighted by atomic mass is 10.1. The van der Waals surface area contributed by atoms with Crippen LogP contribution in [0.4, 0.5) is 0 Å². The highest BCUT2D eigenvalue weighted by Gasteiger charge is 2.08. The number of aromatic nitrogens is 1. The Morgan fingerprint density at radius 3 is 2.47 bits per heavy atom. The molecular weight excluding hydrogens is 186 g/mol. The molecule has 1 aromatic carbocycles. The van der Waals surface area contributed by atoms with E-state index in [4.69, 9.17) is 11.5 Å². The molecule has 0 saturated carbocycles. The lowest BCUT2D eigenvalue weighted by molar-refractivity contribution is 0.787. The molecule has 1 aromatic heterocycles. The van der Waals surface area contributed by atoms with Gasteiger partial charge in [-0.2, -0.15) is 0 Å². The number of rotatable bonds is 3. The second-order valence-electron chi connectivity index (χ2n) is 3.66. The first kappa shape index (κ1) is 10.2. The van der Waals surface area contributed by atoms with Gasteiger partial charge in [0.2, 0.25) is 0 Å². The van der Waals surface area contributed by atoms with Gasteiger partial charge in [-0.1, -0.05) is 18.2 Å². The summed E-state index contributed by atoms with van der Waals surface area (Å²) in [4.78, 5) is 0. The average Bonchev–Trinajstić information content (AvgIpc) is 2.66. The summed E-state index contributed by atoms with van der Waals surface area (Å²) in [6.07, 6.45) is 2.13. The number of nitrogens with zero attached hydrogens (tertiary/aromatic N) is 1. The lowest BCUT2D eigenvalue weighted by Gasteiger charge is -2.05. The molecule has 0 amide bonds. The monoisotopic (exact) mass is 203 g/mol. The van der Waals surface area contributed by atoms with E-state index in [1.807, 2.05) is 6.07 Å². The van der Waals surface area contributed by atoms with Crippen molar-refractivity contribution in [2.45, 2.75) is 26.6 Å². The molecule has 1 heterocycles. The second kappa shape index (κ2) is 4.04. The Kier molecular flexibility index (Phi) is 2.75. The molecule has 15 heavy (non-hydrogen) atoms. The predicted octanol–water partition coefficient (Wildman–Crippen LogP) is 1.58. The highest BCUT2D eigenvalue weighted by atomic mass is 15.0. The molecule has 0 atom stereocenters. The summed E-state index contributed by atoms with van der Waals surface area (Å²) in [7, 11) is 0. The molecule has 3 heteroatoms. The van der Waals surface area contributed by atoms with Crippen molar-refractivity contribution in [2.24, 2.45) is 11.5 Å². The van der Waals surface area contributed by atoms with Gasteiger partial charge in [0, 0.05) is 31.2 Å². The number of fused-ring (bicyclic) bond motifs is 1. The van der Waals surface area contributed by atoms with Crippen LogP contribution in [0.15, 0.2) is 24.4 Å². The van der Waals surface area contributed by atoms with Crippen LogP contribution in [0.5, 0.6) is 0 Å². The topological polar surface area (TPSA) is 57.0 Å². The predicted molar refractivity (Wildman–Crippen MR) is 63.4 cm³/mol. The van der Waals surface area contributed by atoms with E-state index in [2.05, 4.69) is 29.8 Å². The second-order valence-corrected chi connectivity index (χ2v) is 3.66. The Hall–Kier alpha value is -1.32. The molecule has 0 fully saturated rings. The molecule has 80 valence electrons. The van der Waals surface area contributed by atoms with Gasteiger partial charge in [0.25, 0.3) is 0 Å². The molecule has 0 bridgehead atoms. The van der Waals surface area contributed by atoms with E-state index in [1.54, 1.807) is 0 Å². The van der Waals surface area contributed by atoms with Gasteiger partial charge >= 0.3 is 0 Å². The number of hydrogen-bond acceptors (Lipinski definition) is 2. The van der Waals surface area contributed by atoms with Crippen LogP contribution in [0.2, 0.25) is 0 Å². The zero-order chi connectivity index (χ0) is 10.8. The average molecular weight is 203 g/mol. The molecule has 0 radical (unpaired) electrons. The van der Waals surface area contributed by atoms with Gasteiger partial charge < -0.3 is 16.0 Å². The SMILES string of the molecule is CCn1cc(CN)c2cccc(CN)c21. The van der Waals surface area contributed by atoms with Gasteiger partial charge in [-0.25, -0.2) is 0 Å². The summed E-state index contributed by atoms with van der Waals surface area (Å²) in [6.45, 7) is 4.24. The van der Waals surface area contributed by atoms with Crippen molar-refractivity contribution in [3.8, 4) is 0 Å². The van der Waals surface area contributed by atoms with Gasteiger partial charge in [-0.3, -0.25) is 0 Å². The highest BCUT2D eigenvalue weighted by molar-refractivity contribution is 5.86. The third-order valence-electron chi connectivity index (χ3n) is 2.84. The van der Waals surface area contributed by atoms with E-state index in [0.717, 1.165) is 6.54 Å². The highest BCUT2D eigenvalue weighted by Crippen LogP contribution is 2.24. The van der Waals surface area contributed by atoms with Gasteiger partial charge in [0.15, 0.2) is 0 Å². The van der Waals surface area contributed by atoms with Crippen LogP contribution in [0.25, 0.3) is 10.9 Å². The summed E-state index contributed by atoms with van der Waals surface area (Å²) in [6, 6.07) is 6.24. The molecule has 0 aliphatic rings. The summed E-state index contributed by atoms with van der Waals surface area (Å²) < 4.78 is 2.22. The maximum absolute atomic E-state index is 5.75. The molecule has 0 spiro atoms. The maximum atomic E-state index is 5.75. The minimum absolute atomic E-state index is 0.575. The summed E-state index contributed by atoms with van der Waals surface area (Å²) in [5, 5.41) is 1.24. The van der Waals surface area contributed by atoms with Crippen LogP contribution in [0.3, 0.4) is 0 Å². The molecule has 0 aliphatic heterocycles. The first-order valence-corrected chi connectivity index (χ1v) is 5.31. The number of benzene rings is 1. The van der Waals surface area contributed by atoms with E-state index >= 15 is 0 Å².